The molecule has 0 saturated heterocycles. The van der Waals surface area contributed by atoms with Gasteiger partial charge in [0.05, 0.1) is 0 Å². The second-order valence-corrected chi connectivity index (χ2v) is 7.96. The molecule has 3 aromatic carbocycles. The van der Waals surface area contributed by atoms with E-state index in [9.17, 15) is 4.79 Å². The van der Waals surface area contributed by atoms with Gasteiger partial charge in [0.2, 0.25) is 0 Å². The molecule has 0 bridgehead atoms. The number of fused-ring (bicyclic) bond motifs is 1. The first kappa shape index (κ1) is 20.3. The van der Waals surface area contributed by atoms with Crippen molar-refractivity contribution >= 4 is 28.4 Å². The summed E-state index contributed by atoms with van der Waals surface area (Å²) in [4.78, 5) is 12.5. The van der Waals surface area contributed by atoms with Gasteiger partial charge in [-0.05, 0) is 41.8 Å². The Hall–Kier alpha value is -2.46. The molecule has 0 heterocycles. The Balaban J connectivity index is 1.45. The van der Waals surface area contributed by atoms with Crippen LogP contribution in [0.2, 0.25) is 0 Å². The lowest BCUT2D eigenvalue weighted by atomic mass is 10.1. The van der Waals surface area contributed by atoms with Gasteiger partial charge in [0.1, 0.15) is 5.75 Å². The lowest BCUT2D eigenvalue weighted by Crippen LogP contribution is -2.39. The highest BCUT2D eigenvalue weighted by atomic mass is 32.2. The van der Waals surface area contributed by atoms with Gasteiger partial charge in [-0.3, -0.25) is 4.79 Å². The maximum Gasteiger partial charge on any atom is 0.261 e. The number of hydrogen-bond donors (Lipinski definition) is 1. The van der Waals surface area contributed by atoms with Crippen molar-refractivity contribution in [2.75, 3.05) is 12.3 Å². The van der Waals surface area contributed by atoms with E-state index >= 15 is 0 Å². The largest absolute Gasteiger partial charge is 0.481 e. The smallest absolute Gasteiger partial charge is 0.261 e. The molecule has 0 aliphatic carbocycles. The van der Waals surface area contributed by atoms with E-state index < -0.39 is 6.10 Å². The van der Waals surface area contributed by atoms with Crippen LogP contribution >= 0.6 is 11.8 Å². The first-order valence-corrected chi connectivity index (χ1v) is 10.9. The van der Waals surface area contributed by atoms with Crippen LogP contribution in [0.4, 0.5) is 0 Å². The SMILES string of the molecule is CC[C@@H](Oc1ccc2ccccc2c1)C(=O)NCCSCc1cccc(C)c1. The van der Waals surface area contributed by atoms with Crippen LogP contribution in [-0.2, 0) is 10.5 Å². The molecule has 3 nitrogen and oxygen atoms in total. The summed E-state index contributed by atoms with van der Waals surface area (Å²) in [5.74, 6) is 2.52. The second kappa shape index (κ2) is 10.2. The molecular weight excluding hydrogens is 366 g/mol. The molecule has 0 aliphatic rings. The minimum atomic E-state index is -0.470. The van der Waals surface area contributed by atoms with Crippen molar-refractivity contribution in [3.63, 3.8) is 0 Å². The molecule has 146 valence electrons. The van der Waals surface area contributed by atoms with E-state index in [1.807, 2.05) is 49.0 Å². The topological polar surface area (TPSA) is 38.3 Å². The fourth-order valence-corrected chi connectivity index (χ4v) is 3.89. The molecule has 3 aromatic rings. The molecular formula is C24H27NO2S. The number of ether oxygens (including phenoxy) is 1. The summed E-state index contributed by atoms with van der Waals surface area (Å²) in [6.45, 7) is 4.72. The fourth-order valence-electron chi connectivity index (χ4n) is 3.08. The van der Waals surface area contributed by atoms with Crippen molar-refractivity contribution in [3.05, 3.63) is 77.9 Å². The van der Waals surface area contributed by atoms with Crippen LogP contribution < -0.4 is 10.1 Å². The summed E-state index contributed by atoms with van der Waals surface area (Å²) in [6, 6.07) is 22.6. The molecule has 28 heavy (non-hydrogen) atoms. The molecule has 1 amide bonds. The predicted molar refractivity (Wildman–Crippen MR) is 119 cm³/mol. The summed E-state index contributed by atoms with van der Waals surface area (Å²) in [5, 5.41) is 5.28. The normalized spacial score (nSPS) is 11.9. The average Bonchev–Trinajstić information content (AvgIpc) is 2.71. The third kappa shape index (κ3) is 5.77. The summed E-state index contributed by atoms with van der Waals surface area (Å²) in [5.41, 5.74) is 2.60. The molecule has 0 aromatic heterocycles. The van der Waals surface area contributed by atoms with Crippen molar-refractivity contribution in [2.45, 2.75) is 32.1 Å². The van der Waals surface area contributed by atoms with Gasteiger partial charge in [0, 0.05) is 18.1 Å². The quantitative estimate of drug-likeness (QED) is 0.498. The van der Waals surface area contributed by atoms with E-state index in [1.165, 1.54) is 11.1 Å². The van der Waals surface area contributed by atoms with Gasteiger partial charge in [-0.1, -0.05) is 67.1 Å². The Kier molecular flexibility index (Phi) is 7.38. The number of nitrogens with one attached hydrogen (secondary N) is 1. The molecule has 1 N–H and O–H groups in total. The van der Waals surface area contributed by atoms with Gasteiger partial charge >= 0.3 is 0 Å². The van der Waals surface area contributed by atoms with E-state index in [0.717, 1.165) is 28.0 Å². The number of amides is 1. The van der Waals surface area contributed by atoms with Gasteiger partial charge in [0.15, 0.2) is 6.10 Å². The van der Waals surface area contributed by atoms with Crippen molar-refractivity contribution in [1.82, 2.24) is 5.32 Å². The maximum atomic E-state index is 12.5. The first-order chi connectivity index (χ1) is 13.7. The Morgan fingerprint density at radius 1 is 1.04 bits per heavy atom. The number of benzene rings is 3. The standard InChI is InChI=1S/C24H27NO2S/c1-3-23(27-22-12-11-20-9-4-5-10-21(20)16-22)24(26)25-13-14-28-17-19-8-6-7-18(2)15-19/h4-12,15-16,23H,3,13-14,17H2,1-2H3,(H,25,26)/t23-/m1/s1. The maximum absolute atomic E-state index is 12.5. The number of thioether (sulfide) groups is 1. The van der Waals surface area contributed by atoms with E-state index in [4.69, 9.17) is 4.74 Å². The average molecular weight is 394 g/mol. The molecule has 0 radical (unpaired) electrons. The zero-order valence-corrected chi connectivity index (χ0v) is 17.3. The van der Waals surface area contributed by atoms with Gasteiger partial charge in [-0.25, -0.2) is 0 Å². The number of aryl methyl sites for hydroxylation is 1. The second-order valence-electron chi connectivity index (χ2n) is 6.86. The van der Waals surface area contributed by atoms with Gasteiger partial charge in [0.25, 0.3) is 5.91 Å². The van der Waals surface area contributed by atoms with Crippen LogP contribution in [0.1, 0.15) is 24.5 Å². The van der Waals surface area contributed by atoms with Crippen LogP contribution in [0.5, 0.6) is 5.75 Å². The highest BCUT2D eigenvalue weighted by Crippen LogP contribution is 2.22. The predicted octanol–water partition coefficient (Wildman–Crippen LogP) is 5.36. The third-order valence-corrected chi connectivity index (χ3v) is 5.59. The summed E-state index contributed by atoms with van der Waals surface area (Å²) in [7, 11) is 0. The van der Waals surface area contributed by atoms with Crippen LogP contribution in [0, 0.1) is 6.92 Å². The number of rotatable bonds is 9. The van der Waals surface area contributed by atoms with Crippen LogP contribution in [0.25, 0.3) is 10.8 Å². The van der Waals surface area contributed by atoms with Crippen molar-refractivity contribution in [2.24, 2.45) is 0 Å². The zero-order valence-electron chi connectivity index (χ0n) is 16.5. The molecule has 0 unspecified atom stereocenters. The van der Waals surface area contributed by atoms with Crippen molar-refractivity contribution in [1.29, 1.82) is 0 Å². The van der Waals surface area contributed by atoms with Gasteiger partial charge < -0.3 is 10.1 Å². The van der Waals surface area contributed by atoms with E-state index in [0.29, 0.717) is 13.0 Å². The van der Waals surface area contributed by atoms with Gasteiger partial charge in [-0.2, -0.15) is 11.8 Å². The molecule has 1 atom stereocenters. The molecule has 0 spiro atoms. The minimum absolute atomic E-state index is 0.0492. The first-order valence-electron chi connectivity index (χ1n) is 9.72. The number of carbonyl (C=O) groups is 1. The summed E-state index contributed by atoms with van der Waals surface area (Å²) < 4.78 is 5.95. The Labute approximate surface area is 171 Å². The van der Waals surface area contributed by atoms with Gasteiger partial charge in [-0.15, -0.1) is 0 Å². The zero-order chi connectivity index (χ0) is 19.8. The molecule has 3 rings (SSSR count). The lowest BCUT2D eigenvalue weighted by Gasteiger charge is -2.17. The number of hydrogen-bond acceptors (Lipinski definition) is 3. The Morgan fingerprint density at radius 2 is 1.86 bits per heavy atom. The van der Waals surface area contributed by atoms with E-state index in [1.54, 1.807) is 0 Å². The van der Waals surface area contributed by atoms with E-state index in [2.05, 4.69) is 48.6 Å². The molecule has 0 fully saturated rings. The Morgan fingerprint density at radius 3 is 2.64 bits per heavy atom. The molecule has 4 heteroatoms. The highest BCUT2D eigenvalue weighted by molar-refractivity contribution is 7.98. The number of carbonyl (C=O) groups excluding carboxylic acids is 1. The van der Waals surface area contributed by atoms with Crippen molar-refractivity contribution in [3.8, 4) is 5.75 Å². The van der Waals surface area contributed by atoms with Crippen molar-refractivity contribution < 1.29 is 9.53 Å². The minimum Gasteiger partial charge on any atom is -0.481 e. The monoisotopic (exact) mass is 393 g/mol. The van der Waals surface area contributed by atoms with Crippen LogP contribution in [-0.4, -0.2) is 24.3 Å². The van der Waals surface area contributed by atoms with Crippen LogP contribution in [0.15, 0.2) is 66.7 Å². The van der Waals surface area contributed by atoms with Crippen LogP contribution in [0.3, 0.4) is 0 Å². The highest BCUT2D eigenvalue weighted by Gasteiger charge is 2.17. The fraction of sp³-hybridized carbons (Fsp3) is 0.292. The molecule has 0 saturated carbocycles. The molecule has 0 aliphatic heterocycles. The lowest BCUT2D eigenvalue weighted by molar-refractivity contribution is -0.127. The summed E-state index contributed by atoms with van der Waals surface area (Å²) in [6.07, 6.45) is 0.165. The third-order valence-electron chi connectivity index (χ3n) is 4.56. The summed E-state index contributed by atoms with van der Waals surface area (Å²) >= 11 is 1.83. The Bertz CT molecular complexity index is 925. The van der Waals surface area contributed by atoms with E-state index in [-0.39, 0.29) is 5.91 Å².